The second kappa shape index (κ2) is 7.35. The molecule has 8 heteroatoms. The van der Waals surface area contributed by atoms with Crippen LogP contribution in [0.15, 0.2) is 28.8 Å². The molecule has 0 radical (unpaired) electrons. The Kier molecular flexibility index (Phi) is 5.17. The Balaban J connectivity index is 1.52. The third kappa shape index (κ3) is 4.66. The van der Waals surface area contributed by atoms with E-state index in [-0.39, 0.29) is 29.9 Å². The summed E-state index contributed by atoms with van der Waals surface area (Å²) >= 11 is 0. The van der Waals surface area contributed by atoms with Crippen molar-refractivity contribution in [2.75, 3.05) is 11.5 Å². The predicted molar refractivity (Wildman–Crippen MR) is 92.6 cm³/mol. The van der Waals surface area contributed by atoms with Gasteiger partial charge in [-0.15, -0.1) is 0 Å². The van der Waals surface area contributed by atoms with Crippen LogP contribution in [0, 0.1) is 0 Å². The minimum atomic E-state index is -3.00. The summed E-state index contributed by atoms with van der Waals surface area (Å²) in [6.07, 6.45) is 1.96. The molecule has 1 N–H and O–H groups in total. The summed E-state index contributed by atoms with van der Waals surface area (Å²) in [4.78, 5) is 16.2. The van der Waals surface area contributed by atoms with Crippen molar-refractivity contribution in [1.82, 2.24) is 15.5 Å². The fourth-order valence-electron chi connectivity index (χ4n) is 2.79. The zero-order chi connectivity index (χ0) is 17.9. The molecule has 2 heterocycles. The number of amides is 1. The number of carbonyl (C=O) groups is 1. The molecule has 0 saturated carbocycles. The van der Waals surface area contributed by atoms with E-state index < -0.39 is 9.84 Å². The summed E-state index contributed by atoms with van der Waals surface area (Å²) in [6.45, 7) is 2.09. The minimum absolute atomic E-state index is 0.0250. The van der Waals surface area contributed by atoms with Gasteiger partial charge in [-0.2, -0.15) is 4.98 Å². The van der Waals surface area contributed by atoms with E-state index in [4.69, 9.17) is 4.52 Å². The quantitative estimate of drug-likeness (QED) is 0.835. The average molecular weight is 363 g/mol. The van der Waals surface area contributed by atoms with Crippen LogP contribution in [-0.4, -0.2) is 42.0 Å². The molecule has 1 aliphatic rings. The minimum Gasteiger partial charge on any atom is -0.352 e. The Labute approximate surface area is 146 Å². The lowest BCUT2D eigenvalue weighted by atomic mass is 10.1. The number of benzene rings is 1. The van der Waals surface area contributed by atoms with Gasteiger partial charge >= 0.3 is 0 Å². The first-order valence-electron chi connectivity index (χ1n) is 8.37. The number of aryl methyl sites for hydroxylation is 2. The fraction of sp³-hybridized carbons (Fsp3) is 0.471. The first-order chi connectivity index (χ1) is 11.9. The number of carbonyl (C=O) groups excluding carboxylic acids is 1. The molecule has 2 aromatic rings. The van der Waals surface area contributed by atoms with E-state index >= 15 is 0 Å². The summed E-state index contributed by atoms with van der Waals surface area (Å²) in [5.41, 5.74) is 2.10. The number of hydrogen-bond donors (Lipinski definition) is 1. The smallest absolute Gasteiger partial charge is 0.227 e. The molecule has 25 heavy (non-hydrogen) atoms. The number of sulfone groups is 1. The summed E-state index contributed by atoms with van der Waals surface area (Å²) in [7, 11) is -3.00. The third-order valence-corrected chi connectivity index (χ3v) is 6.02. The van der Waals surface area contributed by atoms with Crippen LogP contribution in [0.25, 0.3) is 11.4 Å². The van der Waals surface area contributed by atoms with Gasteiger partial charge in [0.15, 0.2) is 9.84 Å². The standard InChI is InChI=1S/C17H21N3O4S/c1-2-12-3-5-13(6-4-12)17-19-16(24-20-17)8-7-15(21)18-14-9-10-25(22,23)11-14/h3-6,14H,2,7-11H2,1H3,(H,18,21)/t14-/m1/s1. The topological polar surface area (TPSA) is 102 Å². The summed E-state index contributed by atoms with van der Waals surface area (Å²) in [5, 5.41) is 6.69. The molecule has 1 fully saturated rings. The van der Waals surface area contributed by atoms with Gasteiger partial charge in [0, 0.05) is 24.4 Å². The molecule has 1 aliphatic heterocycles. The summed E-state index contributed by atoms with van der Waals surface area (Å²) in [6, 6.07) is 7.65. The zero-order valence-corrected chi connectivity index (χ0v) is 14.9. The molecule has 0 aliphatic carbocycles. The van der Waals surface area contributed by atoms with Crippen molar-refractivity contribution in [2.24, 2.45) is 0 Å². The third-order valence-electron chi connectivity index (χ3n) is 4.25. The zero-order valence-electron chi connectivity index (χ0n) is 14.1. The first kappa shape index (κ1) is 17.6. The van der Waals surface area contributed by atoms with Crippen LogP contribution in [0.1, 0.15) is 31.2 Å². The van der Waals surface area contributed by atoms with Crippen LogP contribution in [-0.2, 0) is 27.5 Å². The highest BCUT2D eigenvalue weighted by Crippen LogP contribution is 2.17. The Hall–Kier alpha value is -2.22. The van der Waals surface area contributed by atoms with Gasteiger partial charge in [-0.3, -0.25) is 4.79 Å². The maximum atomic E-state index is 11.9. The highest BCUT2D eigenvalue weighted by Gasteiger charge is 2.28. The molecule has 1 aromatic carbocycles. The van der Waals surface area contributed by atoms with Crippen molar-refractivity contribution in [3.8, 4) is 11.4 Å². The van der Waals surface area contributed by atoms with Crippen LogP contribution in [0.4, 0.5) is 0 Å². The molecule has 0 spiro atoms. The van der Waals surface area contributed by atoms with Crippen LogP contribution >= 0.6 is 0 Å². The monoisotopic (exact) mass is 363 g/mol. The van der Waals surface area contributed by atoms with Crippen molar-refractivity contribution in [1.29, 1.82) is 0 Å². The lowest BCUT2D eigenvalue weighted by Gasteiger charge is -2.09. The van der Waals surface area contributed by atoms with E-state index in [1.54, 1.807) is 0 Å². The number of hydrogen-bond acceptors (Lipinski definition) is 6. The van der Waals surface area contributed by atoms with E-state index in [0.717, 1.165) is 12.0 Å². The first-order valence-corrected chi connectivity index (χ1v) is 10.2. The van der Waals surface area contributed by atoms with Crippen LogP contribution < -0.4 is 5.32 Å². The van der Waals surface area contributed by atoms with Crippen molar-refractivity contribution >= 4 is 15.7 Å². The summed E-state index contributed by atoms with van der Waals surface area (Å²) in [5.74, 6) is 0.858. The average Bonchev–Trinajstić information content (AvgIpc) is 3.19. The molecule has 134 valence electrons. The Morgan fingerprint density at radius 2 is 2.08 bits per heavy atom. The molecular formula is C17H21N3O4S. The SMILES string of the molecule is CCc1ccc(-c2noc(CCC(=O)N[C@@H]3CCS(=O)(=O)C3)n2)cc1. The largest absolute Gasteiger partial charge is 0.352 e. The number of rotatable bonds is 6. The van der Waals surface area contributed by atoms with Gasteiger partial charge in [0.1, 0.15) is 0 Å². The molecule has 7 nitrogen and oxygen atoms in total. The van der Waals surface area contributed by atoms with E-state index in [1.807, 2.05) is 24.3 Å². The Bertz CT molecular complexity index is 843. The van der Waals surface area contributed by atoms with Crippen LogP contribution in [0.3, 0.4) is 0 Å². The highest BCUT2D eigenvalue weighted by molar-refractivity contribution is 7.91. The van der Waals surface area contributed by atoms with Gasteiger partial charge in [0.25, 0.3) is 0 Å². The maximum Gasteiger partial charge on any atom is 0.227 e. The normalized spacial score (nSPS) is 19.0. The summed E-state index contributed by atoms with van der Waals surface area (Å²) < 4.78 is 28.0. The van der Waals surface area contributed by atoms with Crippen molar-refractivity contribution in [3.63, 3.8) is 0 Å². The van der Waals surface area contributed by atoms with Crippen molar-refractivity contribution in [2.45, 2.75) is 38.6 Å². The van der Waals surface area contributed by atoms with Crippen molar-refractivity contribution < 1.29 is 17.7 Å². The van der Waals surface area contributed by atoms with Gasteiger partial charge in [-0.25, -0.2) is 8.42 Å². The van der Waals surface area contributed by atoms with Gasteiger partial charge in [0.2, 0.25) is 17.6 Å². The molecule has 1 atom stereocenters. The fourth-order valence-corrected chi connectivity index (χ4v) is 4.47. The van der Waals surface area contributed by atoms with Crippen LogP contribution in [0.2, 0.25) is 0 Å². The van der Waals surface area contributed by atoms with E-state index in [0.29, 0.717) is 24.6 Å². The molecule has 0 unspecified atom stereocenters. The van der Waals surface area contributed by atoms with Gasteiger partial charge in [-0.05, 0) is 18.4 Å². The van der Waals surface area contributed by atoms with Gasteiger partial charge < -0.3 is 9.84 Å². The number of nitrogens with one attached hydrogen (secondary N) is 1. The maximum absolute atomic E-state index is 11.9. The molecular weight excluding hydrogens is 342 g/mol. The molecule has 1 saturated heterocycles. The van der Waals surface area contributed by atoms with Gasteiger partial charge in [-0.1, -0.05) is 36.3 Å². The predicted octanol–water partition coefficient (Wildman–Crippen LogP) is 1.53. The van der Waals surface area contributed by atoms with E-state index in [9.17, 15) is 13.2 Å². The highest BCUT2D eigenvalue weighted by atomic mass is 32.2. The lowest BCUT2D eigenvalue weighted by Crippen LogP contribution is -2.35. The molecule has 3 rings (SSSR count). The number of aromatic nitrogens is 2. The Morgan fingerprint density at radius 1 is 1.32 bits per heavy atom. The van der Waals surface area contributed by atoms with Crippen molar-refractivity contribution in [3.05, 3.63) is 35.7 Å². The number of nitrogens with zero attached hydrogens (tertiary/aromatic N) is 2. The van der Waals surface area contributed by atoms with Crippen LogP contribution in [0.5, 0.6) is 0 Å². The Morgan fingerprint density at radius 3 is 2.72 bits per heavy atom. The van der Waals surface area contributed by atoms with E-state index in [2.05, 4.69) is 22.4 Å². The second-order valence-corrected chi connectivity index (χ2v) is 8.46. The second-order valence-electron chi connectivity index (χ2n) is 6.23. The molecule has 1 aromatic heterocycles. The molecule has 1 amide bonds. The van der Waals surface area contributed by atoms with Gasteiger partial charge in [0.05, 0.1) is 11.5 Å². The molecule has 0 bridgehead atoms. The lowest BCUT2D eigenvalue weighted by molar-refractivity contribution is -0.121. The van der Waals surface area contributed by atoms with E-state index in [1.165, 1.54) is 5.56 Å².